The summed E-state index contributed by atoms with van der Waals surface area (Å²) < 4.78 is 5.27. The van der Waals surface area contributed by atoms with E-state index in [9.17, 15) is 4.79 Å². The van der Waals surface area contributed by atoms with Gasteiger partial charge in [0, 0.05) is 31.9 Å². The van der Waals surface area contributed by atoms with E-state index in [-0.39, 0.29) is 5.91 Å². The number of nitrogen functional groups attached to an aromatic ring is 1. The predicted octanol–water partition coefficient (Wildman–Crippen LogP) is 0.984. The molecular weight excluding hydrogens is 266 g/mol. The van der Waals surface area contributed by atoms with E-state index in [0.29, 0.717) is 22.8 Å². The first-order valence-electron chi connectivity index (χ1n) is 6.30. The monoisotopic (exact) mass is 283 g/mol. The van der Waals surface area contributed by atoms with Gasteiger partial charge < -0.3 is 15.8 Å². The van der Waals surface area contributed by atoms with Crippen LogP contribution in [0, 0.1) is 0 Å². The fourth-order valence-electron chi connectivity index (χ4n) is 1.96. The molecule has 1 amide bonds. The number of nitrogens with zero attached hydrogens (tertiary/aromatic N) is 1. The number of benzene rings is 1. The zero-order valence-corrected chi connectivity index (χ0v) is 11.4. The Morgan fingerprint density at radius 1 is 1.42 bits per heavy atom. The molecule has 6 heteroatoms. The zero-order chi connectivity index (χ0) is 13.7. The van der Waals surface area contributed by atoms with Crippen LogP contribution in [0.15, 0.2) is 18.2 Å². The summed E-state index contributed by atoms with van der Waals surface area (Å²) in [5.74, 6) is -0.189. The number of nitrogens with one attached hydrogen (secondary N) is 1. The molecule has 0 aromatic heterocycles. The Kier molecular flexibility index (Phi) is 5.01. The Labute approximate surface area is 117 Å². The molecule has 0 bridgehead atoms. The van der Waals surface area contributed by atoms with Crippen LogP contribution in [0.2, 0.25) is 5.02 Å². The molecular formula is C13H18ClN3O2. The van der Waals surface area contributed by atoms with Crippen molar-refractivity contribution in [2.75, 3.05) is 45.1 Å². The number of halogens is 1. The lowest BCUT2D eigenvalue weighted by Crippen LogP contribution is -2.41. The van der Waals surface area contributed by atoms with Gasteiger partial charge in [-0.3, -0.25) is 9.69 Å². The second kappa shape index (κ2) is 6.75. The van der Waals surface area contributed by atoms with Gasteiger partial charge in [-0.15, -0.1) is 0 Å². The molecule has 0 radical (unpaired) electrons. The maximum absolute atomic E-state index is 12.0. The van der Waals surface area contributed by atoms with Crippen molar-refractivity contribution >= 4 is 23.2 Å². The van der Waals surface area contributed by atoms with E-state index in [0.717, 1.165) is 32.8 Å². The van der Waals surface area contributed by atoms with Crippen molar-refractivity contribution < 1.29 is 9.53 Å². The first-order valence-corrected chi connectivity index (χ1v) is 6.68. The van der Waals surface area contributed by atoms with Gasteiger partial charge in [0.25, 0.3) is 5.91 Å². The van der Waals surface area contributed by atoms with Crippen LogP contribution in [0.3, 0.4) is 0 Å². The maximum Gasteiger partial charge on any atom is 0.252 e. The zero-order valence-electron chi connectivity index (χ0n) is 10.7. The molecule has 3 N–H and O–H groups in total. The van der Waals surface area contributed by atoms with E-state index >= 15 is 0 Å². The van der Waals surface area contributed by atoms with Gasteiger partial charge in [0.15, 0.2) is 0 Å². The molecule has 5 nitrogen and oxygen atoms in total. The topological polar surface area (TPSA) is 67.6 Å². The van der Waals surface area contributed by atoms with Crippen molar-refractivity contribution in [2.24, 2.45) is 0 Å². The fourth-order valence-corrected chi connectivity index (χ4v) is 2.17. The Morgan fingerprint density at radius 2 is 2.16 bits per heavy atom. The quantitative estimate of drug-likeness (QED) is 0.809. The lowest BCUT2D eigenvalue weighted by atomic mass is 10.2. The average Bonchev–Trinajstić information content (AvgIpc) is 2.42. The molecule has 0 saturated carbocycles. The van der Waals surface area contributed by atoms with Gasteiger partial charge in [0.05, 0.1) is 23.8 Å². The normalized spacial score (nSPS) is 16.3. The summed E-state index contributed by atoms with van der Waals surface area (Å²) in [6.07, 6.45) is 0. The van der Waals surface area contributed by atoms with Gasteiger partial charge in [-0.25, -0.2) is 0 Å². The lowest BCUT2D eigenvalue weighted by molar-refractivity contribution is 0.0383. The third-order valence-electron chi connectivity index (χ3n) is 3.05. The highest BCUT2D eigenvalue weighted by Gasteiger charge is 2.12. The molecule has 1 saturated heterocycles. The largest absolute Gasteiger partial charge is 0.399 e. The third kappa shape index (κ3) is 4.09. The molecule has 0 aliphatic carbocycles. The number of rotatable bonds is 4. The molecule has 1 aromatic rings. The Bertz CT molecular complexity index is 448. The molecule has 1 heterocycles. The third-order valence-corrected chi connectivity index (χ3v) is 3.38. The summed E-state index contributed by atoms with van der Waals surface area (Å²) in [4.78, 5) is 14.2. The van der Waals surface area contributed by atoms with E-state index < -0.39 is 0 Å². The summed E-state index contributed by atoms with van der Waals surface area (Å²) in [6, 6.07) is 4.90. The van der Waals surface area contributed by atoms with Crippen LogP contribution in [-0.2, 0) is 4.74 Å². The van der Waals surface area contributed by atoms with E-state index in [1.807, 2.05) is 0 Å². The minimum absolute atomic E-state index is 0.189. The van der Waals surface area contributed by atoms with Gasteiger partial charge in [-0.1, -0.05) is 11.6 Å². The van der Waals surface area contributed by atoms with E-state index in [4.69, 9.17) is 22.1 Å². The number of nitrogens with two attached hydrogens (primary N) is 1. The van der Waals surface area contributed by atoms with E-state index in [1.54, 1.807) is 18.2 Å². The second-order valence-corrected chi connectivity index (χ2v) is 4.86. The number of hydrogen-bond acceptors (Lipinski definition) is 4. The fraction of sp³-hybridized carbons (Fsp3) is 0.462. The first-order chi connectivity index (χ1) is 9.16. The molecule has 0 atom stereocenters. The summed E-state index contributed by atoms with van der Waals surface area (Å²) >= 11 is 5.98. The number of morpholine rings is 1. The van der Waals surface area contributed by atoms with Crippen LogP contribution in [-0.4, -0.2) is 50.2 Å². The maximum atomic E-state index is 12.0. The molecule has 104 valence electrons. The summed E-state index contributed by atoms with van der Waals surface area (Å²) in [5, 5.41) is 3.27. The smallest absolute Gasteiger partial charge is 0.252 e. The SMILES string of the molecule is Nc1ccc(Cl)c(C(=O)NCCN2CCOCC2)c1. The molecule has 19 heavy (non-hydrogen) atoms. The summed E-state index contributed by atoms with van der Waals surface area (Å²) in [5.41, 5.74) is 6.60. The van der Waals surface area contributed by atoms with Crippen LogP contribution >= 0.6 is 11.6 Å². The first kappa shape index (κ1) is 14.1. The van der Waals surface area contributed by atoms with Crippen LogP contribution in [0.4, 0.5) is 5.69 Å². The number of amides is 1. The predicted molar refractivity (Wildman–Crippen MR) is 75.5 cm³/mol. The average molecular weight is 284 g/mol. The number of carbonyl (C=O) groups excluding carboxylic acids is 1. The molecule has 0 spiro atoms. The van der Waals surface area contributed by atoms with Gasteiger partial charge in [-0.05, 0) is 18.2 Å². The molecule has 1 aliphatic heterocycles. The van der Waals surface area contributed by atoms with Crippen molar-refractivity contribution in [1.29, 1.82) is 0 Å². The van der Waals surface area contributed by atoms with E-state index in [1.165, 1.54) is 0 Å². The van der Waals surface area contributed by atoms with Crippen molar-refractivity contribution in [3.63, 3.8) is 0 Å². The van der Waals surface area contributed by atoms with Crippen LogP contribution in [0.1, 0.15) is 10.4 Å². The van der Waals surface area contributed by atoms with Crippen LogP contribution in [0.5, 0.6) is 0 Å². The number of anilines is 1. The van der Waals surface area contributed by atoms with Crippen LogP contribution < -0.4 is 11.1 Å². The lowest BCUT2D eigenvalue weighted by Gasteiger charge is -2.26. The highest BCUT2D eigenvalue weighted by atomic mass is 35.5. The van der Waals surface area contributed by atoms with Crippen LogP contribution in [0.25, 0.3) is 0 Å². The molecule has 1 fully saturated rings. The van der Waals surface area contributed by atoms with Crippen molar-refractivity contribution in [2.45, 2.75) is 0 Å². The number of hydrogen-bond donors (Lipinski definition) is 2. The van der Waals surface area contributed by atoms with Gasteiger partial charge in [0.1, 0.15) is 0 Å². The van der Waals surface area contributed by atoms with Gasteiger partial charge >= 0.3 is 0 Å². The van der Waals surface area contributed by atoms with Crippen molar-refractivity contribution in [1.82, 2.24) is 10.2 Å². The summed E-state index contributed by atoms with van der Waals surface area (Å²) in [7, 11) is 0. The van der Waals surface area contributed by atoms with E-state index in [2.05, 4.69) is 10.2 Å². The standard InChI is InChI=1S/C13H18ClN3O2/c14-12-2-1-10(15)9-11(12)13(18)16-3-4-17-5-7-19-8-6-17/h1-2,9H,3-8,15H2,(H,16,18). The molecule has 1 aliphatic rings. The molecule has 1 aromatic carbocycles. The van der Waals surface area contributed by atoms with Crippen molar-refractivity contribution in [3.05, 3.63) is 28.8 Å². The number of carbonyl (C=O) groups is 1. The Morgan fingerprint density at radius 3 is 2.89 bits per heavy atom. The summed E-state index contributed by atoms with van der Waals surface area (Å²) in [6.45, 7) is 4.74. The highest BCUT2D eigenvalue weighted by molar-refractivity contribution is 6.34. The molecule has 2 rings (SSSR count). The number of ether oxygens (including phenoxy) is 1. The van der Waals surface area contributed by atoms with Gasteiger partial charge in [0.2, 0.25) is 0 Å². The second-order valence-electron chi connectivity index (χ2n) is 4.45. The Balaban J connectivity index is 1.82. The van der Waals surface area contributed by atoms with Gasteiger partial charge in [-0.2, -0.15) is 0 Å². The Hall–Kier alpha value is -1.30. The minimum Gasteiger partial charge on any atom is -0.399 e. The van der Waals surface area contributed by atoms with Crippen molar-refractivity contribution in [3.8, 4) is 0 Å². The minimum atomic E-state index is -0.189. The highest BCUT2D eigenvalue weighted by Crippen LogP contribution is 2.18. The molecule has 0 unspecified atom stereocenters.